The predicted octanol–water partition coefficient (Wildman–Crippen LogP) is 1.72. The molecular weight excluding hydrogens is 259 g/mol. The highest BCUT2D eigenvalue weighted by Crippen LogP contribution is 2.15. The molecule has 1 amide bonds. The molecule has 0 bridgehead atoms. The van der Waals surface area contributed by atoms with Gasteiger partial charge in [0, 0.05) is 5.69 Å². The van der Waals surface area contributed by atoms with E-state index in [1.807, 2.05) is 6.07 Å². The summed E-state index contributed by atoms with van der Waals surface area (Å²) in [6.07, 6.45) is 0. The summed E-state index contributed by atoms with van der Waals surface area (Å²) in [7, 11) is 0. The van der Waals surface area contributed by atoms with Crippen LogP contribution >= 0.6 is 11.8 Å². The maximum atomic E-state index is 13.3. The molecule has 0 aliphatic heterocycles. The smallest absolute Gasteiger partial charge is 0.338 e. The minimum Gasteiger partial charge on any atom is -0.478 e. The summed E-state index contributed by atoms with van der Waals surface area (Å²) in [5.74, 6) is -2.38. The van der Waals surface area contributed by atoms with Crippen LogP contribution in [-0.4, -0.2) is 28.5 Å². The van der Waals surface area contributed by atoms with Crippen molar-refractivity contribution in [3.8, 4) is 6.07 Å². The van der Waals surface area contributed by atoms with Crippen molar-refractivity contribution in [1.29, 1.82) is 5.26 Å². The number of carboxylic acids is 1. The van der Waals surface area contributed by atoms with Gasteiger partial charge in [-0.3, -0.25) is 4.79 Å². The van der Waals surface area contributed by atoms with Crippen LogP contribution in [0.5, 0.6) is 0 Å². The van der Waals surface area contributed by atoms with Crippen LogP contribution in [0.25, 0.3) is 0 Å². The van der Waals surface area contributed by atoms with Gasteiger partial charge < -0.3 is 10.4 Å². The number of halogens is 1. The van der Waals surface area contributed by atoms with Crippen LogP contribution in [0.3, 0.4) is 0 Å². The molecule has 0 unspecified atom stereocenters. The van der Waals surface area contributed by atoms with Gasteiger partial charge in [0.2, 0.25) is 5.91 Å². The zero-order chi connectivity index (χ0) is 13.5. The molecule has 0 heterocycles. The number of aromatic carboxylic acids is 1. The normalized spacial score (nSPS) is 9.56. The second-order valence-corrected chi connectivity index (χ2v) is 4.18. The van der Waals surface area contributed by atoms with E-state index >= 15 is 0 Å². The maximum Gasteiger partial charge on any atom is 0.338 e. The molecule has 0 atom stereocenters. The fourth-order valence-corrected chi connectivity index (χ4v) is 1.60. The quantitative estimate of drug-likeness (QED) is 0.793. The van der Waals surface area contributed by atoms with Gasteiger partial charge in [-0.2, -0.15) is 5.26 Å². The van der Waals surface area contributed by atoms with Crippen molar-refractivity contribution in [3.63, 3.8) is 0 Å². The third kappa shape index (κ3) is 4.07. The molecule has 18 heavy (non-hydrogen) atoms. The zero-order valence-electron chi connectivity index (χ0n) is 9.14. The Balaban J connectivity index is 2.64. The number of carbonyl (C=O) groups is 2. The molecule has 1 aromatic rings. The summed E-state index contributed by atoms with van der Waals surface area (Å²) in [5.41, 5.74) is -0.271. The van der Waals surface area contributed by atoms with Crippen LogP contribution in [0.15, 0.2) is 18.2 Å². The van der Waals surface area contributed by atoms with Crippen molar-refractivity contribution in [1.82, 2.24) is 0 Å². The lowest BCUT2D eigenvalue weighted by Gasteiger charge is -2.05. The van der Waals surface area contributed by atoms with E-state index in [-0.39, 0.29) is 23.1 Å². The Bertz CT molecular complexity index is 514. The molecule has 0 fully saturated rings. The van der Waals surface area contributed by atoms with E-state index in [9.17, 15) is 14.0 Å². The number of hydrogen-bond donors (Lipinski definition) is 2. The third-order valence-electron chi connectivity index (χ3n) is 1.88. The fraction of sp³-hybridized carbons (Fsp3) is 0.182. The minimum atomic E-state index is -1.37. The van der Waals surface area contributed by atoms with E-state index in [0.717, 1.165) is 23.9 Å². The number of rotatable bonds is 5. The van der Waals surface area contributed by atoms with Crippen molar-refractivity contribution < 1.29 is 19.1 Å². The molecule has 0 saturated heterocycles. The summed E-state index contributed by atoms with van der Waals surface area (Å²) >= 11 is 1.13. The van der Waals surface area contributed by atoms with Crippen molar-refractivity contribution >= 4 is 29.3 Å². The molecule has 5 nitrogen and oxygen atoms in total. The highest BCUT2D eigenvalue weighted by molar-refractivity contribution is 8.00. The number of anilines is 1. The molecular formula is C11H9FN2O3S. The molecule has 0 aliphatic rings. The van der Waals surface area contributed by atoms with Crippen LogP contribution in [-0.2, 0) is 4.79 Å². The molecule has 94 valence electrons. The minimum absolute atomic E-state index is 0.0792. The number of nitrogens with zero attached hydrogens (tertiary/aromatic N) is 1. The van der Waals surface area contributed by atoms with Gasteiger partial charge in [0.15, 0.2) is 0 Å². The molecule has 7 heteroatoms. The van der Waals surface area contributed by atoms with E-state index in [2.05, 4.69) is 5.32 Å². The lowest BCUT2D eigenvalue weighted by molar-refractivity contribution is -0.113. The Labute approximate surface area is 107 Å². The number of benzene rings is 1. The summed E-state index contributed by atoms with van der Waals surface area (Å²) in [6.45, 7) is 0. The number of nitrogens with one attached hydrogen (secondary N) is 1. The number of carbonyl (C=O) groups excluding carboxylic acids is 1. The SMILES string of the molecule is N#CCSCC(=O)Nc1ccc(C(=O)O)c(F)c1. The number of thioether (sulfide) groups is 1. The third-order valence-corrected chi connectivity index (χ3v) is 2.68. The monoisotopic (exact) mass is 268 g/mol. The first-order valence-corrected chi connectivity index (χ1v) is 5.97. The van der Waals surface area contributed by atoms with Gasteiger partial charge in [-0.15, -0.1) is 11.8 Å². The van der Waals surface area contributed by atoms with Crippen molar-refractivity contribution in [2.24, 2.45) is 0 Å². The Morgan fingerprint density at radius 2 is 2.22 bits per heavy atom. The van der Waals surface area contributed by atoms with E-state index in [4.69, 9.17) is 10.4 Å². The average Bonchev–Trinajstić information content (AvgIpc) is 2.28. The Morgan fingerprint density at radius 3 is 2.78 bits per heavy atom. The standard InChI is InChI=1S/C11H9FN2O3S/c12-9-5-7(1-2-8(9)11(16)17)14-10(15)6-18-4-3-13/h1-2,5H,4,6H2,(H,14,15)(H,16,17). The largest absolute Gasteiger partial charge is 0.478 e. The molecule has 1 aromatic carbocycles. The van der Waals surface area contributed by atoms with Crippen molar-refractivity contribution in [2.45, 2.75) is 0 Å². The van der Waals surface area contributed by atoms with Crippen LogP contribution in [0.4, 0.5) is 10.1 Å². The van der Waals surface area contributed by atoms with Gasteiger partial charge >= 0.3 is 5.97 Å². The average molecular weight is 268 g/mol. The first-order chi connectivity index (χ1) is 8.54. The van der Waals surface area contributed by atoms with Gasteiger partial charge in [0.25, 0.3) is 0 Å². The predicted molar refractivity (Wildman–Crippen MR) is 64.9 cm³/mol. The maximum absolute atomic E-state index is 13.3. The second-order valence-electron chi connectivity index (χ2n) is 3.20. The van der Waals surface area contributed by atoms with Crippen LogP contribution in [0, 0.1) is 17.1 Å². The topological polar surface area (TPSA) is 90.2 Å². The van der Waals surface area contributed by atoms with Crippen molar-refractivity contribution in [2.75, 3.05) is 16.8 Å². The lowest BCUT2D eigenvalue weighted by Crippen LogP contribution is -2.14. The van der Waals surface area contributed by atoms with Crippen LogP contribution < -0.4 is 5.32 Å². The van der Waals surface area contributed by atoms with Gasteiger partial charge in [-0.05, 0) is 18.2 Å². The number of nitriles is 1. The molecule has 1 rings (SSSR count). The van der Waals surface area contributed by atoms with Crippen LogP contribution in [0.2, 0.25) is 0 Å². The highest BCUT2D eigenvalue weighted by atomic mass is 32.2. The van der Waals surface area contributed by atoms with Crippen LogP contribution in [0.1, 0.15) is 10.4 Å². The lowest BCUT2D eigenvalue weighted by atomic mass is 10.2. The molecule has 0 saturated carbocycles. The number of hydrogen-bond acceptors (Lipinski definition) is 4. The van der Waals surface area contributed by atoms with Gasteiger partial charge in [-0.1, -0.05) is 0 Å². The van der Waals surface area contributed by atoms with Gasteiger partial charge in [0.1, 0.15) is 5.82 Å². The van der Waals surface area contributed by atoms with E-state index < -0.39 is 17.3 Å². The zero-order valence-corrected chi connectivity index (χ0v) is 9.96. The van der Waals surface area contributed by atoms with E-state index in [1.54, 1.807) is 0 Å². The molecule has 0 aromatic heterocycles. The van der Waals surface area contributed by atoms with Gasteiger partial charge in [-0.25, -0.2) is 9.18 Å². The first kappa shape index (κ1) is 14.0. The first-order valence-electron chi connectivity index (χ1n) is 4.82. The number of amides is 1. The molecule has 2 N–H and O–H groups in total. The number of carboxylic acid groups (broad SMARTS) is 1. The highest BCUT2D eigenvalue weighted by Gasteiger charge is 2.11. The summed E-state index contributed by atoms with van der Waals surface area (Å²) in [4.78, 5) is 21.9. The molecule has 0 aliphatic carbocycles. The second kappa shape index (κ2) is 6.61. The van der Waals surface area contributed by atoms with Gasteiger partial charge in [0.05, 0.1) is 23.1 Å². The summed E-state index contributed by atoms with van der Waals surface area (Å²) in [6, 6.07) is 5.20. The summed E-state index contributed by atoms with van der Waals surface area (Å²) < 4.78 is 13.3. The Hall–Kier alpha value is -2.07. The fourth-order valence-electron chi connectivity index (χ4n) is 1.15. The van der Waals surface area contributed by atoms with E-state index in [1.165, 1.54) is 6.07 Å². The Morgan fingerprint density at radius 1 is 1.50 bits per heavy atom. The Kier molecular flexibility index (Phi) is 5.14. The summed E-state index contributed by atoms with van der Waals surface area (Å²) in [5, 5.41) is 19.3. The van der Waals surface area contributed by atoms with Crippen molar-refractivity contribution in [3.05, 3.63) is 29.6 Å². The molecule has 0 spiro atoms. The van der Waals surface area contributed by atoms with E-state index in [0.29, 0.717) is 0 Å². The molecule has 0 radical (unpaired) electrons.